The van der Waals surface area contributed by atoms with Crippen molar-refractivity contribution in [2.45, 2.75) is 6.92 Å². The number of rotatable bonds is 0. The fourth-order valence-electron chi connectivity index (χ4n) is 2.68. The number of aromatic nitrogens is 2. The summed E-state index contributed by atoms with van der Waals surface area (Å²) in [5.41, 5.74) is 2.44. The van der Waals surface area contributed by atoms with Crippen molar-refractivity contribution in [2.24, 2.45) is 0 Å². The van der Waals surface area contributed by atoms with E-state index in [4.69, 9.17) is 0 Å². The number of nitrogens with zero attached hydrogens (tertiary/aromatic N) is 2. The predicted octanol–water partition coefficient (Wildman–Crippen LogP) is 3.00. The standard InChI is InChI=1S/C16H9BrN2O2/c1-8-2-4-12-10(6-8)16(21)19-13-5-3-9(17)7-11(13)14(20)15(19)18-12/h2-7H,1H3. The van der Waals surface area contributed by atoms with Gasteiger partial charge in [0.1, 0.15) is 0 Å². The molecule has 0 aliphatic carbocycles. The van der Waals surface area contributed by atoms with E-state index in [1.54, 1.807) is 24.3 Å². The van der Waals surface area contributed by atoms with Crippen molar-refractivity contribution in [3.05, 3.63) is 68.2 Å². The Kier molecular flexibility index (Phi) is 2.44. The van der Waals surface area contributed by atoms with Crippen molar-refractivity contribution in [3.8, 4) is 5.69 Å². The van der Waals surface area contributed by atoms with Gasteiger partial charge in [-0.3, -0.25) is 14.2 Å². The molecule has 1 aliphatic rings. The Bertz CT molecular complexity index is 1010. The summed E-state index contributed by atoms with van der Waals surface area (Å²) in [7, 11) is 0. The Labute approximate surface area is 128 Å². The average molecular weight is 341 g/mol. The van der Waals surface area contributed by atoms with Gasteiger partial charge in [0.2, 0.25) is 5.78 Å². The molecule has 4 rings (SSSR count). The van der Waals surface area contributed by atoms with Crippen LogP contribution in [-0.4, -0.2) is 15.3 Å². The average Bonchev–Trinajstić information content (AvgIpc) is 2.73. The van der Waals surface area contributed by atoms with E-state index in [-0.39, 0.29) is 17.2 Å². The largest absolute Gasteiger partial charge is 0.285 e. The monoisotopic (exact) mass is 340 g/mol. The molecule has 0 radical (unpaired) electrons. The number of hydrogen-bond donors (Lipinski definition) is 0. The van der Waals surface area contributed by atoms with Gasteiger partial charge < -0.3 is 0 Å². The Hall–Kier alpha value is -2.27. The molecule has 0 spiro atoms. The van der Waals surface area contributed by atoms with Gasteiger partial charge in [0.15, 0.2) is 5.82 Å². The molecule has 0 saturated carbocycles. The van der Waals surface area contributed by atoms with Crippen molar-refractivity contribution in [2.75, 3.05) is 0 Å². The molecule has 102 valence electrons. The fraction of sp³-hybridized carbons (Fsp3) is 0.0625. The van der Waals surface area contributed by atoms with Crippen LogP contribution in [0.15, 0.2) is 45.7 Å². The van der Waals surface area contributed by atoms with Gasteiger partial charge in [-0.1, -0.05) is 27.6 Å². The van der Waals surface area contributed by atoms with Crippen LogP contribution in [0, 0.1) is 6.92 Å². The molecule has 2 aromatic carbocycles. The second-order valence-corrected chi connectivity index (χ2v) is 6.00. The van der Waals surface area contributed by atoms with E-state index >= 15 is 0 Å². The molecule has 1 aliphatic heterocycles. The van der Waals surface area contributed by atoms with E-state index < -0.39 is 0 Å². The summed E-state index contributed by atoms with van der Waals surface area (Å²) < 4.78 is 2.21. The third-order valence-corrected chi connectivity index (χ3v) is 4.16. The number of halogens is 1. The predicted molar refractivity (Wildman–Crippen MR) is 83.2 cm³/mol. The molecular formula is C16H9BrN2O2. The lowest BCUT2D eigenvalue weighted by molar-refractivity contribution is 0.103. The second kappa shape index (κ2) is 4.11. The first-order valence-corrected chi connectivity index (χ1v) is 7.23. The van der Waals surface area contributed by atoms with Gasteiger partial charge in [-0.25, -0.2) is 4.98 Å². The number of carbonyl (C=O) groups excluding carboxylic acids is 1. The van der Waals surface area contributed by atoms with Gasteiger partial charge in [0.25, 0.3) is 5.56 Å². The highest BCUT2D eigenvalue weighted by Crippen LogP contribution is 2.28. The smallest absolute Gasteiger partial charge is 0.266 e. The molecule has 0 amide bonds. The zero-order chi connectivity index (χ0) is 14.7. The highest BCUT2D eigenvalue weighted by Gasteiger charge is 2.30. The van der Waals surface area contributed by atoms with Gasteiger partial charge in [-0.05, 0) is 37.3 Å². The van der Waals surface area contributed by atoms with Gasteiger partial charge in [0.05, 0.1) is 22.2 Å². The molecular weight excluding hydrogens is 332 g/mol. The van der Waals surface area contributed by atoms with E-state index in [1.165, 1.54) is 4.57 Å². The van der Waals surface area contributed by atoms with Crippen LogP contribution >= 0.6 is 15.9 Å². The molecule has 21 heavy (non-hydrogen) atoms. The van der Waals surface area contributed by atoms with Crippen LogP contribution in [0.2, 0.25) is 0 Å². The quantitative estimate of drug-likeness (QED) is 0.494. The molecule has 5 heteroatoms. The SMILES string of the molecule is Cc1ccc2nc3n(c(=O)c2c1)-c1ccc(Br)cc1C3=O. The lowest BCUT2D eigenvalue weighted by atomic mass is 10.1. The van der Waals surface area contributed by atoms with Crippen LogP contribution in [0.5, 0.6) is 0 Å². The molecule has 0 unspecified atom stereocenters. The third kappa shape index (κ3) is 1.64. The Morgan fingerprint density at radius 1 is 1.10 bits per heavy atom. The van der Waals surface area contributed by atoms with Crippen molar-refractivity contribution in [1.82, 2.24) is 9.55 Å². The third-order valence-electron chi connectivity index (χ3n) is 3.67. The molecule has 0 fully saturated rings. The lowest BCUT2D eigenvalue weighted by Crippen LogP contribution is -2.21. The van der Waals surface area contributed by atoms with Gasteiger partial charge in [0, 0.05) is 4.47 Å². The minimum atomic E-state index is -0.217. The summed E-state index contributed by atoms with van der Waals surface area (Å²) in [4.78, 5) is 29.6. The van der Waals surface area contributed by atoms with Crippen molar-refractivity contribution in [1.29, 1.82) is 0 Å². The minimum absolute atomic E-state index is 0.185. The Balaban J connectivity index is 2.18. The highest BCUT2D eigenvalue weighted by molar-refractivity contribution is 9.10. The normalized spacial score (nSPS) is 12.6. The fourth-order valence-corrected chi connectivity index (χ4v) is 3.04. The molecule has 0 bridgehead atoms. The Morgan fingerprint density at radius 3 is 2.71 bits per heavy atom. The minimum Gasteiger partial charge on any atom is -0.285 e. The van der Waals surface area contributed by atoms with Gasteiger partial charge in [-0.15, -0.1) is 0 Å². The summed E-state index contributed by atoms with van der Waals surface area (Å²) in [6, 6.07) is 10.8. The molecule has 0 saturated heterocycles. The van der Waals surface area contributed by atoms with Crippen LogP contribution in [0.1, 0.15) is 21.7 Å². The molecule has 2 heterocycles. The summed E-state index contributed by atoms with van der Waals surface area (Å²) in [5, 5.41) is 0.530. The maximum atomic E-state index is 12.7. The van der Waals surface area contributed by atoms with Crippen molar-refractivity contribution < 1.29 is 4.79 Å². The number of aryl methyl sites for hydroxylation is 1. The van der Waals surface area contributed by atoms with E-state index in [0.29, 0.717) is 22.2 Å². The van der Waals surface area contributed by atoms with Gasteiger partial charge in [-0.2, -0.15) is 0 Å². The van der Waals surface area contributed by atoms with Crippen LogP contribution < -0.4 is 5.56 Å². The summed E-state index contributed by atoms with van der Waals surface area (Å²) >= 11 is 3.35. The first-order chi connectivity index (χ1) is 10.1. The molecule has 3 aromatic rings. The maximum absolute atomic E-state index is 12.7. The maximum Gasteiger partial charge on any atom is 0.266 e. The number of carbonyl (C=O) groups is 1. The van der Waals surface area contributed by atoms with Crippen molar-refractivity contribution in [3.63, 3.8) is 0 Å². The van der Waals surface area contributed by atoms with Gasteiger partial charge >= 0.3 is 0 Å². The molecule has 0 N–H and O–H groups in total. The zero-order valence-electron chi connectivity index (χ0n) is 11.1. The first kappa shape index (κ1) is 12.5. The van der Waals surface area contributed by atoms with E-state index in [0.717, 1.165) is 10.0 Å². The molecule has 1 aromatic heterocycles. The number of hydrogen-bond acceptors (Lipinski definition) is 3. The van der Waals surface area contributed by atoms with E-state index in [9.17, 15) is 9.59 Å². The molecule has 4 nitrogen and oxygen atoms in total. The zero-order valence-corrected chi connectivity index (χ0v) is 12.6. The number of ketones is 1. The van der Waals surface area contributed by atoms with E-state index in [2.05, 4.69) is 20.9 Å². The summed E-state index contributed by atoms with van der Waals surface area (Å²) in [5.74, 6) is -0.0321. The number of benzene rings is 2. The topological polar surface area (TPSA) is 52.0 Å². The van der Waals surface area contributed by atoms with Crippen LogP contribution in [0.3, 0.4) is 0 Å². The molecule has 0 atom stereocenters. The van der Waals surface area contributed by atoms with Crippen LogP contribution in [0.25, 0.3) is 16.6 Å². The van der Waals surface area contributed by atoms with Crippen LogP contribution in [0.4, 0.5) is 0 Å². The lowest BCUT2D eigenvalue weighted by Gasteiger charge is -2.06. The Morgan fingerprint density at radius 2 is 1.90 bits per heavy atom. The summed E-state index contributed by atoms with van der Waals surface area (Å²) in [6.45, 7) is 1.92. The van der Waals surface area contributed by atoms with Crippen LogP contribution in [-0.2, 0) is 0 Å². The number of fused-ring (bicyclic) bond motifs is 4. The summed E-state index contributed by atoms with van der Waals surface area (Å²) in [6.07, 6.45) is 0. The first-order valence-electron chi connectivity index (χ1n) is 6.44. The van der Waals surface area contributed by atoms with Crippen molar-refractivity contribution >= 4 is 32.6 Å². The van der Waals surface area contributed by atoms with E-state index in [1.807, 2.05) is 19.1 Å². The second-order valence-electron chi connectivity index (χ2n) is 5.09. The highest BCUT2D eigenvalue weighted by atomic mass is 79.9.